The standard InChI is InChI=1S/C31H34N4O4S/c1-21-27(20-40-31-32-15-16-35(31)2)38-29(39-28(21)24-13-11-23(19-36)12-14-24)25-9-6-10-26(17-25)34-30(37)33-18-22-7-4-3-5-8-22/h3-17,21,27-29,36H,18-20H2,1-2H3,(H2,33,34,37)/t21-,27+,28+,29+/m1/s1. The average molecular weight is 559 g/mol. The smallest absolute Gasteiger partial charge is 0.319 e. The van der Waals surface area contributed by atoms with Crippen molar-refractivity contribution in [2.24, 2.45) is 13.0 Å². The number of amides is 2. The number of ether oxygens (including phenoxy) is 2. The summed E-state index contributed by atoms with van der Waals surface area (Å²) in [5, 5.41) is 16.2. The van der Waals surface area contributed by atoms with Crippen LogP contribution in [0.3, 0.4) is 0 Å². The van der Waals surface area contributed by atoms with Crippen LogP contribution in [0.1, 0.15) is 41.6 Å². The lowest BCUT2D eigenvalue weighted by molar-refractivity contribution is -0.268. The quantitative estimate of drug-likeness (QED) is 0.224. The summed E-state index contributed by atoms with van der Waals surface area (Å²) in [5.74, 6) is 0.769. The Balaban J connectivity index is 1.32. The third-order valence-electron chi connectivity index (χ3n) is 6.99. The van der Waals surface area contributed by atoms with Gasteiger partial charge in [-0.05, 0) is 28.8 Å². The SMILES string of the molecule is C[C@@H]1[C@H](CSc2nccn2C)O[C@H](c2cccc(NC(=O)NCc3ccccc3)c2)O[C@@H]1c1ccc(CO)cc1. The number of nitrogens with one attached hydrogen (secondary N) is 2. The zero-order valence-corrected chi connectivity index (χ0v) is 23.4. The Kier molecular flexibility index (Phi) is 9.18. The molecule has 0 aliphatic carbocycles. The summed E-state index contributed by atoms with van der Waals surface area (Å²) in [6, 6.07) is 24.9. The number of aliphatic hydroxyl groups is 1. The van der Waals surface area contributed by atoms with E-state index in [-0.39, 0.29) is 30.8 Å². The Hall–Kier alpha value is -3.63. The fourth-order valence-electron chi connectivity index (χ4n) is 4.67. The van der Waals surface area contributed by atoms with Gasteiger partial charge in [-0.25, -0.2) is 9.78 Å². The fraction of sp³-hybridized carbons (Fsp3) is 0.290. The van der Waals surface area contributed by atoms with Crippen LogP contribution < -0.4 is 10.6 Å². The largest absolute Gasteiger partial charge is 0.392 e. The van der Waals surface area contributed by atoms with Crippen LogP contribution in [-0.4, -0.2) is 32.5 Å². The van der Waals surface area contributed by atoms with Gasteiger partial charge >= 0.3 is 6.03 Å². The van der Waals surface area contributed by atoms with Crippen LogP contribution in [0, 0.1) is 5.92 Å². The van der Waals surface area contributed by atoms with Gasteiger partial charge in [0, 0.05) is 48.9 Å². The molecule has 2 heterocycles. The number of hydrogen-bond donors (Lipinski definition) is 3. The van der Waals surface area contributed by atoms with E-state index in [1.165, 1.54) is 0 Å². The van der Waals surface area contributed by atoms with Gasteiger partial charge in [-0.15, -0.1) is 0 Å². The number of aromatic nitrogens is 2. The molecule has 9 heteroatoms. The number of hydrogen-bond acceptors (Lipinski definition) is 6. The molecule has 4 atom stereocenters. The maximum absolute atomic E-state index is 12.6. The first kappa shape index (κ1) is 27.9. The van der Waals surface area contributed by atoms with Gasteiger partial charge in [0.1, 0.15) is 0 Å². The molecule has 0 radical (unpaired) electrons. The first-order valence-electron chi connectivity index (χ1n) is 13.3. The molecule has 4 aromatic rings. The van der Waals surface area contributed by atoms with Crippen molar-refractivity contribution in [3.8, 4) is 0 Å². The maximum atomic E-state index is 12.6. The number of rotatable bonds is 9. The van der Waals surface area contributed by atoms with Crippen molar-refractivity contribution >= 4 is 23.5 Å². The third-order valence-corrected chi connectivity index (χ3v) is 8.14. The van der Waals surface area contributed by atoms with Gasteiger partial charge < -0.3 is 29.8 Å². The molecule has 1 aliphatic heterocycles. The Morgan fingerprint density at radius 3 is 2.52 bits per heavy atom. The molecule has 1 aliphatic rings. The molecular weight excluding hydrogens is 524 g/mol. The molecule has 8 nitrogen and oxygen atoms in total. The van der Waals surface area contributed by atoms with E-state index in [1.807, 2.05) is 96.7 Å². The molecule has 1 aromatic heterocycles. The molecule has 0 bridgehead atoms. The van der Waals surface area contributed by atoms with E-state index in [4.69, 9.17) is 9.47 Å². The molecule has 0 saturated carbocycles. The minimum absolute atomic E-state index is 0.00522. The van der Waals surface area contributed by atoms with Crippen molar-refractivity contribution in [3.63, 3.8) is 0 Å². The highest BCUT2D eigenvalue weighted by atomic mass is 32.2. The second-order valence-corrected chi connectivity index (χ2v) is 10.9. The molecule has 2 amide bonds. The second-order valence-electron chi connectivity index (χ2n) is 9.87. The topological polar surface area (TPSA) is 97.6 Å². The first-order valence-corrected chi connectivity index (χ1v) is 14.3. The number of carbonyl (C=O) groups excluding carboxylic acids is 1. The molecule has 3 aromatic carbocycles. The average Bonchev–Trinajstić information content (AvgIpc) is 3.40. The van der Waals surface area contributed by atoms with Crippen LogP contribution in [0.15, 0.2) is 96.4 Å². The second kappa shape index (κ2) is 13.1. The number of urea groups is 1. The van der Waals surface area contributed by atoms with Gasteiger partial charge in [-0.1, -0.05) is 85.4 Å². The van der Waals surface area contributed by atoms with Gasteiger partial charge in [-0.2, -0.15) is 0 Å². The Labute approximate surface area is 238 Å². The lowest BCUT2D eigenvalue weighted by atomic mass is 9.91. The molecule has 40 heavy (non-hydrogen) atoms. The minimum Gasteiger partial charge on any atom is -0.392 e. The Morgan fingerprint density at radius 2 is 1.80 bits per heavy atom. The van der Waals surface area contributed by atoms with Crippen molar-refractivity contribution in [2.45, 2.75) is 43.7 Å². The van der Waals surface area contributed by atoms with Crippen LogP contribution in [0.25, 0.3) is 0 Å². The number of imidazole rings is 1. The number of aliphatic hydroxyl groups excluding tert-OH is 1. The summed E-state index contributed by atoms with van der Waals surface area (Å²) in [5.41, 5.74) is 4.37. The molecule has 1 fully saturated rings. The van der Waals surface area contributed by atoms with Crippen molar-refractivity contribution < 1.29 is 19.4 Å². The third kappa shape index (κ3) is 6.92. The summed E-state index contributed by atoms with van der Waals surface area (Å²) >= 11 is 1.65. The van der Waals surface area contributed by atoms with Crippen molar-refractivity contribution in [1.29, 1.82) is 0 Å². The number of carbonyl (C=O) groups is 1. The predicted molar refractivity (Wildman–Crippen MR) is 156 cm³/mol. The molecule has 1 saturated heterocycles. The highest BCUT2D eigenvalue weighted by molar-refractivity contribution is 7.99. The van der Waals surface area contributed by atoms with Crippen molar-refractivity contribution in [2.75, 3.05) is 11.1 Å². The van der Waals surface area contributed by atoms with E-state index >= 15 is 0 Å². The zero-order valence-electron chi connectivity index (χ0n) is 22.6. The highest BCUT2D eigenvalue weighted by Crippen LogP contribution is 2.43. The monoisotopic (exact) mass is 558 g/mol. The predicted octanol–water partition coefficient (Wildman–Crippen LogP) is 5.82. The number of thioether (sulfide) groups is 1. The minimum atomic E-state index is -0.625. The van der Waals surface area contributed by atoms with Gasteiger partial charge in [0.15, 0.2) is 11.4 Å². The van der Waals surface area contributed by atoms with Gasteiger partial charge in [0.2, 0.25) is 0 Å². The van der Waals surface area contributed by atoms with Gasteiger partial charge in [-0.3, -0.25) is 0 Å². The summed E-state index contributed by atoms with van der Waals surface area (Å²) in [4.78, 5) is 17.0. The van der Waals surface area contributed by atoms with Gasteiger partial charge in [0.05, 0.1) is 18.8 Å². The van der Waals surface area contributed by atoms with E-state index in [1.54, 1.807) is 18.0 Å². The highest BCUT2D eigenvalue weighted by Gasteiger charge is 2.38. The number of anilines is 1. The van der Waals surface area contributed by atoms with Crippen LogP contribution in [0.5, 0.6) is 0 Å². The van der Waals surface area contributed by atoms with E-state index in [0.717, 1.165) is 27.4 Å². The van der Waals surface area contributed by atoms with Gasteiger partial charge in [0.25, 0.3) is 0 Å². The molecule has 3 N–H and O–H groups in total. The number of aryl methyl sites for hydroxylation is 1. The molecule has 0 unspecified atom stereocenters. The van der Waals surface area contributed by atoms with E-state index in [2.05, 4.69) is 22.5 Å². The van der Waals surface area contributed by atoms with Crippen molar-refractivity contribution in [3.05, 3.63) is 114 Å². The fourth-order valence-corrected chi connectivity index (χ4v) is 5.77. The Morgan fingerprint density at radius 1 is 1.00 bits per heavy atom. The molecular formula is C31H34N4O4S. The summed E-state index contributed by atoms with van der Waals surface area (Å²) < 4.78 is 15.1. The maximum Gasteiger partial charge on any atom is 0.319 e. The van der Waals surface area contributed by atoms with E-state index in [0.29, 0.717) is 18.0 Å². The summed E-state index contributed by atoms with van der Waals surface area (Å²) in [6.45, 7) is 2.57. The molecule has 5 rings (SSSR count). The lowest BCUT2D eigenvalue weighted by Gasteiger charge is -2.41. The zero-order chi connectivity index (χ0) is 27.9. The first-order chi connectivity index (χ1) is 19.5. The lowest BCUT2D eigenvalue weighted by Crippen LogP contribution is -2.38. The summed E-state index contributed by atoms with van der Waals surface area (Å²) in [7, 11) is 1.98. The van der Waals surface area contributed by atoms with Crippen molar-refractivity contribution in [1.82, 2.24) is 14.9 Å². The Bertz CT molecular complexity index is 1400. The van der Waals surface area contributed by atoms with Crippen LogP contribution in [0.2, 0.25) is 0 Å². The molecule has 0 spiro atoms. The van der Waals surface area contributed by atoms with Crippen LogP contribution >= 0.6 is 11.8 Å². The molecule has 208 valence electrons. The van der Waals surface area contributed by atoms with E-state index < -0.39 is 6.29 Å². The number of nitrogens with zero attached hydrogens (tertiary/aromatic N) is 2. The van der Waals surface area contributed by atoms with Crippen LogP contribution in [-0.2, 0) is 29.7 Å². The van der Waals surface area contributed by atoms with E-state index in [9.17, 15) is 9.90 Å². The van der Waals surface area contributed by atoms with Crippen LogP contribution in [0.4, 0.5) is 10.5 Å². The number of benzene rings is 3. The normalized spacial score (nSPS) is 20.7. The summed E-state index contributed by atoms with van der Waals surface area (Å²) in [6.07, 6.45) is 2.76.